The van der Waals surface area contributed by atoms with Gasteiger partial charge in [-0.3, -0.25) is 0 Å². The van der Waals surface area contributed by atoms with Crippen molar-refractivity contribution in [1.29, 1.82) is 5.26 Å². The molecule has 0 radical (unpaired) electrons. The van der Waals surface area contributed by atoms with E-state index in [0.29, 0.717) is 12.5 Å². The van der Waals surface area contributed by atoms with Crippen LogP contribution in [0.25, 0.3) is 16.7 Å². The first-order valence-corrected chi connectivity index (χ1v) is 11.0. The van der Waals surface area contributed by atoms with Crippen LogP contribution in [0.3, 0.4) is 0 Å². The third-order valence-corrected chi connectivity index (χ3v) is 6.07. The lowest BCUT2D eigenvalue weighted by molar-refractivity contribution is 0.0943. The predicted octanol–water partition coefficient (Wildman–Crippen LogP) is 6.65. The van der Waals surface area contributed by atoms with Crippen LogP contribution in [0.15, 0.2) is 49.0 Å². The molecular weight excluding hydrogens is 371 g/mol. The number of rotatable bonds is 7. The van der Waals surface area contributed by atoms with Gasteiger partial charge in [-0.05, 0) is 93.8 Å². The first-order chi connectivity index (χ1) is 14.2. The van der Waals surface area contributed by atoms with Crippen molar-refractivity contribution in [3.63, 3.8) is 0 Å². The Labute approximate surface area is 181 Å². The molecule has 3 heteroatoms. The van der Waals surface area contributed by atoms with E-state index in [1.807, 2.05) is 13.0 Å². The average molecular weight is 405 g/mol. The standard InChI is InChI=1S/C27H33FN2/c1-20(2)22-7-9-23(10-8-22)25-12-11-24(26(17-25)18-29)6-5-21-13-15-30(16-14-21)19-27(3,4)28/h7-12,17,21H,1,5-6,13-16,19H2,2-4H3. The number of hydrogen-bond donors (Lipinski definition) is 0. The first kappa shape index (κ1) is 22.2. The van der Waals surface area contributed by atoms with Crippen LogP contribution in [0.5, 0.6) is 0 Å². The topological polar surface area (TPSA) is 27.0 Å². The Balaban J connectivity index is 1.60. The van der Waals surface area contributed by atoms with Gasteiger partial charge in [-0.2, -0.15) is 5.26 Å². The molecule has 30 heavy (non-hydrogen) atoms. The van der Waals surface area contributed by atoms with Crippen LogP contribution >= 0.6 is 0 Å². The lowest BCUT2D eigenvalue weighted by atomic mass is 9.88. The van der Waals surface area contributed by atoms with Crippen molar-refractivity contribution in [2.45, 2.75) is 52.1 Å². The SMILES string of the molecule is C=C(C)c1ccc(-c2ccc(CCC3CCN(CC(C)(C)F)CC3)c(C#N)c2)cc1. The van der Waals surface area contributed by atoms with Gasteiger partial charge in [-0.25, -0.2) is 4.39 Å². The van der Waals surface area contributed by atoms with E-state index in [-0.39, 0.29) is 0 Å². The molecule has 1 aliphatic rings. The summed E-state index contributed by atoms with van der Waals surface area (Å²) in [5.74, 6) is 0.657. The van der Waals surface area contributed by atoms with E-state index in [1.54, 1.807) is 13.8 Å². The molecule has 0 N–H and O–H groups in total. The monoisotopic (exact) mass is 404 g/mol. The van der Waals surface area contributed by atoms with Gasteiger partial charge in [0.1, 0.15) is 5.67 Å². The van der Waals surface area contributed by atoms with Crippen molar-refractivity contribution in [3.8, 4) is 17.2 Å². The summed E-state index contributed by atoms with van der Waals surface area (Å²) in [6.45, 7) is 11.8. The van der Waals surface area contributed by atoms with Crippen LogP contribution in [0, 0.1) is 17.2 Å². The largest absolute Gasteiger partial charge is 0.300 e. The second-order valence-electron chi connectivity index (χ2n) is 9.32. The maximum atomic E-state index is 13.9. The third-order valence-electron chi connectivity index (χ3n) is 6.07. The fourth-order valence-corrected chi connectivity index (χ4v) is 4.35. The molecule has 0 aliphatic carbocycles. The summed E-state index contributed by atoms with van der Waals surface area (Å²) in [5.41, 5.74) is 5.16. The summed E-state index contributed by atoms with van der Waals surface area (Å²) in [4.78, 5) is 2.24. The highest BCUT2D eigenvalue weighted by atomic mass is 19.1. The van der Waals surface area contributed by atoms with E-state index in [2.05, 4.69) is 53.9 Å². The number of piperidine rings is 1. The number of allylic oxidation sites excluding steroid dienone is 1. The zero-order valence-electron chi connectivity index (χ0n) is 18.5. The summed E-state index contributed by atoms with van der Waals surface area (Å²) < 4.78 is 13.9. The summed E-state index contributed by atoms with van der Waals surface area (Å²) in [5, 5.41) is 9.68. The second-order valence-corrected chi connectivity index (χ2v) is 9.32. The molecule has 1 saturated heterocycles. The Morgan fingerprint density at radius 1 is 1.13 bits per heavy atom. The minimum atomic E-state index is -1.12. The molecule has 158 valence electrons. The number of alkyl halides is 1. The molecular formula is C27H33FN2. The van der Waals surface area contributed by atoms with Gasteiger partial charge in [0.05, 0.1) is 11.6 Å². The number of nitrogens with zero attached hydrogens (tertiary/aromatic N) is 2. The Hall–Kier alpha value is -2.44. The van der Waals surface area contributed by atoms with Gasteiger partial charge in [0, 0.05) is 6.54 Å². The highest BCUT2D eigenvalue weighted by Crippen LogP contribution is 2.28. The van der Waals surface area contributed by atoms with Crippen molar-refractivity contribution >= 4 is 5.57 Å². The summed E-state index contributed by atoms with van der Waals surface area (Å²) in [7, 11) is 0. The van der Waals surface area contributed by atoms with Crippen LogP contribution in [0.2, 0.25) is 0 Å². The van der Waals surface area contributed by atoms with E-state index >= 15 is 0 Å². The summed E-state index contributed by atoms with van der Waals surface area (Å²) >= 11 is 0. The van der Waals surface area contributed by atoms with E-state index < -0.39 is 5.67 Å². The van der Waals surface area contributed by atoms with Gasteiger partial charge in [0.25, 0.3) is 0 Å². The van der Waals surface area contributed by atoms with E-state index in [0.717, 1.165) is 72.2 Å². The Morgan fingerprint density at radius 3 is 2.33 bits per heavy atom. The van der Waals surface area contributed by atoms with Gasteiger partial charge < -0.3 is 4.90 Å². The molecule has 2 nitrogen and oxygen atoms in total. The Kier molecular flexibility index (Phi) is 7.10. The third kappa shape index (κ3) is 6.03. The van der Waals surface area contributed by atoms with E-state index in [9.17, 15) is 9.65 Å². The van der Waals surface area contributed by atoms with Crippen molar-refractivity contribution in [2.24, 2.45) is 5.92 Å². The van der Waals surface area contributed by atoms with Crippen molar-refractivity contribution in [1.82, 2.24) is 4.90 Å². The summed E-state index contributed by atoms with van der Waals surface area (Å²) in [6.07, 6.45) is 4.25. The highest BCUT2D eigenvalue weighted by molar-refractivity contribution is 5.70. The van der Waals surface area contributed by atoms with Crippen LogP contribution in [-0.4, -0.2) is 30.2 Å². The fourth-order valence-electron chi connectivity index (χ4n) is 4.35. The van der Waals surface area contributed by atoms with Gasteiger partial charge in [0.2, 0.25) is 0 Å². The number of likely N-dealkylation sites (tertiary alicyclic amines) is 1. The highest BCUT2D eigenvalue weighted by Gasteiger charge is 2.25. The molecule has 0 spiro atoms. The number of nitriles is 1. The molecule has 3 rings (SSSR count). The predicted molar refractivity (Wildman–Crippen MR) is 124 cm³/mol. The van der Waals surface area contributed by atoms with Crippen molar-refractivity contribution in [2.75, 3.05) is 19.6 Å². The van der Waals surface area contributed by atoms with Crippen LogP contribution in [0.4, 0.5) is 4.39 Å². The van der Waals surface area contributed by atoms with Crippen LogP contribution in [-0.2, 0) is 6.42 Å². The summed E-state index contributed by atoms with van der Waals surface area (Å²) in [6, 6.07) is 17.0. The maximum Gasteiger partial charge on any atom is 0.118 e. The van der Waals surface area contributed by atoms with Crippen LogP contribution in [0.1, 0.15) is 56.7 Å². The van der Waals surface area contributed by atoms with Gasteiger partial charge in [-0.1, -0.05) is 48.6 Å². The Morgan fingerprint density at radius 2 is 1.77 bits per heavy atom. The molecule has 1 fully saturated rings. The normalized spacial score (nSPS) is 15.7. The second kappa shape index (κ2) is 9.58. The lowest BCUT2D eigenvalue weighted by Crippen LogP contribution is -2.41. The molecule has 1 heterocycles. The quantitative estimate of drug-likeness (QED) is 0.516. The van der Waals surface area contributed by atoms with Crippen LogP contribution < -0.4 is 0 Å². The molecule has 0 amide bonds. The maximum absolute atomic E-state index is 13.9. The van der Waals surface area contributed by atoms with Crippen molar-refractivity contribution < 1.29 is 4.39 Å². The molecule has 0 atom stereocenters. The zero-order chi connectivity index (χ0) is 21.7. The molecule has 0 bridgehead atoms. The van der Waals surface area contributed by atoms with Gasteiger partial charge >= 0.3 is 0 Å². The zero-order valence-corrected chi connectivity index (χ0v) is 18.5. The number of halogens is 1. The van der Waals surface area contributed by atoms with E-state index in [4.69, 9.17) is 0 Å². The van der Waals surface area contributed by atoms with Crippen molar-refractivity contribution in [3.05, 3.63) is 65.7 Å². The fraction of sp³-hybridized carbons (Fsp3) is 0.444. The molecule has 0 saturated carbocycles. The smallest absolute Gasteiger partial charge is 0.118 e. The van der Waals surface area contributed by atoms with E-state index in [1.165, 1.54) is 0 Å². The minimum Gasteiger partial charge on any atom is -0.300 e. The average Bonchev–Trinajstić information content (AvgIpc) is 2.72. The van der Waals surface area contributed by atoms with Gasteiger partial charge in [0.15, 0.2) is 0 Å². The number of aryl methyl sites for hydroxylation is 1. The molecule has 2 aromatic rings. The molecule has 0 aromatic heterocycles. The number of benzene rings is 2. The first-order valence-electron chi connectivity index (χ1n) is 11.0. The number of hydrogen-bond acceptors (Lipinski definition) is 2. The van der Waals surface area contributed by atoms with Gasteiger partial charge in [-0.15, -0.1) is 0 Å². The molecule has 0 unspecified atom stereocenters. The molecule has 2 aromatic carbocycles. The Bertz CT molecular complexity index is 907. The minimum absolute atomic E-state index is 0.521. The molecule has 1 aliphatic heterocycles. The lowest BCUT2D eigenvalue weighted by Gasteiger charge is -2.34.